The third-order valence-corrected chi connectivity index (χ3v) is 5.42. The lowest BCUT2D eigenvalue weighted by Gasteiger charge is -2.20. The van der Waals surface area contributed by atoms with Gasteiger partial charge in [0.2, 0.25) is 5.75 Å². The molecule has 0 aliphatic rings. The summed E-state index contributed by atoms with van der Waals surface area (Å²) < 4.78 is 18.2. The molecule has 4 rings (SSSR count). The van der Waals surface area contributed by atoms with E-state index in [9.17, 15) is 4.79 Å². The highest BCUT2D eigenvalue weighted by molar-refractivity contribution is 5.96. The van der Waals surface area contributed by atoms with Gasteiger partial charge >= 0.3 is 0 Å². The van der Waals surface area contributed by atoms with Gasteiger partial charge in [-0.25, -0.2) is 4.98 Å². The normalized spacial score (nSPS) is 11.8. The van der Waals surface area contributed by atoms with Gasteiger partial charge in [0.1, 0.15) is 11.9 Å². The molecule has 7 heteroatoms. The maximum absolute atomic E-state index is 13.4. The standard InChI is InChI=1S/C25H25N3O4/c1-28-19-13-9-8-12-18(19)26-24(28)22(16-10-6-5-7-11-16)27-25(29)17-14-20(30-2)23(32-4)21(15-17)31-3/h5-15,22H,1-4H3,(H,27,29). The summed E-state index contributed by atoms with van der Waals surface area (Å²) in [4.78, 5) is 18.2. The fraction of sp³-hybridized carbons (Fsp3) is 0.200. The van der Waals surface area contributed by atoms with Crippen LogP contribution in [0.3, 0.4) is 0 Å². The number of carbonyl (C=O) groups excluding carboxylic acids is 1. The molecule has 0 spiro atoms. The molecular formula is C25H25N3O4. The minimum Gasteiger partial charge on any atom is -0.493 e. The van der Waals surface area contributed by atoms with Gasteiger partial charge in [0, 0.05) is 12.6 Å². The van der Waals surface area contributed by atoms with Crippen LogP contribution >= 0.6 is 0 Å². The van der Waals surface area contributed by atoms with E-state index in [-0.39, 0.29) is 5.91 Å². The van der Waals surface area contributed by atoms with Crippen LogP contribution < -0.4 is 19.5 Å². The topological polar surface area (TPSA) is 74.6 Å². The van der Waals surface area contributed by atoms with E-state index in [1.807, 2.05) is 66.2 Å². The van der Waals surface area contributed by atoms with Crippen molar-refractivity contribution < 1.29 is 19.0 Å². The van der Waals surface area contributed by atoms with E-state index in [4.69, 9.17) is 19.2 Å². The third kappa shape index (κ3) is 3.85. The van der Waals surface area contributed by atoms with Gasteiger partial charge in [0.05, 0.1) is 32.4 Å². The van der Waals surface area contributed by atoms with Gasteiger partial charge in [-0.1, -0.05) is 42.5 Å². The van der Waals surface area contributed by atoms with Crippen molar-refractivity contribution >= 4 is 16.9 Å². The van der Waals surface area contributed by atoms with E-state index >= 15 is 0 Å². The van der Waals surface area contributed by atoms with Crippen LogP contribution in [0.4, 0.5) is 0 Å². The first-order chi connectivity index (χ1) is 15.6. The predicted octanol–water partition coefficient (Wildman–Crippen LogP) is 4.12. The van der Waals surface area contributed by atoms with Gasteiger partial charge in [0.25, 0.3) is 5.91 Å². The molecule has 0 aliphatic heterocycles. The van der Waals surface area contributed by atoms with E-state index in [2.05, 4.69) is 5.32 Å². The van der Waals surface area contributed by atoms with E-state index in [1.54, 1.807) is 12.1 Å². The van der Waals surface area contributed by atoms with Crippen molar-refractivity contribution in [1.82, 2.24) is 14.9 Å². The third-order valence-electron chi connectivity index (χ3n) is 5.42. The first-order valence-electron chi connectivity index (χ1n) is 10.1. The molecule has 32 heavy (non-hydrogen) atoms. The summed E-state index contributed by atoms with van der Waals surface area (Å²) in [6.45, 7) is 0. The second kappa shape index (κ2) is 9.01. The molecule has 0 aliphatic carbocycles. The number of carbonyl (C=O) groups is 1. The Labute approximate surface area is 186 Å². The molecular weight excluding hydrogens is 406 g/mol. The number of rotatable bonds is 7. The fourth-order valence-electron chi connectivity index (χ4n) is 3.79. The number of aryl methyl sites for hydroxylation is 1. The van der Waals surface area contributed by atoms with Crippen LogP contribution in [-0.2, 0) is 7.05 Å². The van der Waals surface area contributed by atoms with Crippen molar-refractivity contribution in [3.05, 3.63) is 83.7 Å². The molecule has 164 valence electrons. The van der Waals surface area contributed by atoms with E-state index < -0.39 is 6.04 Å². The van der Waals surface area contributed by atoms with E-state index in [0.717, 1.165) is 22.4 Å². The van der Waals surface area contributed by atoms with Crippen molar-refractivity contribution in [1.29, 1.82) is 0 Å². The molecule has 1 atom stereocenters. The van der Waals surface area contributed by atoms with Crippen molar-refractivity contribution in [2.24, 2.45) is 7.05 Å². The second-order valence-electron chi connectivity index (χ2n) is 7.25. The number of methoxy groups -OCH3 is 3. The zero-order valence-electron chi connectivity index (χ0n) is 18.5. The Morgan fingerprint density at radius 1 is 0.906 bits per heavy atom. The van der Waals surface area contributed by atoms with Gasteiger partial charge in [-0.15, -0.1) is 0 Å². The molecule has 1 amide bonds. The Balaban J connectivity index is 1.77. The van der Waals surface area contributed by atoms with Crippen molar-refractivity contribution in [3.63, 3.8) is 0 Å². The summed E-state index contributed by atoms with van der Waals surface area (Å²) >= 11 is 0. The smallest absolute Gasteiger partial charge is 0.252 e. The number of fused-ring (bicyclic) bond motifs is 1. The summed E-state index contributed by atoms with van der Waals surface area (Å²) in [5.41, 5.74) is 3.17. The highest BCUT2D eigenvalue weighted by Crippen LogP contribution is 2.38. The molecule has 7 nitrogen and oxygen atoms in total. The number of nitrogens with one attached hydrogen (secondary N) is 1. The molecule has 1 N–H and O–H groups in total. The van der Waals surface area contributed by atoms with Crippen LogP contribution in [0.15, 0.2) is 66.7 Å². The van der Waals surface area contributed by atoms with E-state index in [0.29, 0.717) is 22.8 Å². The number of benzene rings is 3. The highest BCUT2D eigenvalue weighted by Gasteiger charge is 2.25. The number of amides is 1. The molecule has 3 aromatic carbocycles. The SMILES string of the molecule is COc1cc(C(=O)NC(c2ccccc2)c2nc3ccccc3n2C)cc(OC)c1OC. The van der Waals surface area contributed by atoms with E-state index in [1.165, 1.54) is 21.3 Å². The zero-order chi connectivity index (χ0) is 22.7. The van der Waals surface area contributed by atoms with Crippen LogP contribution in [0.5, 0.6) is 17.2 Å². The Hall–Kier alpha value is -4.00. The zero-order valence-corrected chi connectivity index (χ0v) is 18.5. The molecule has 0 saturated carbocycles. The minimum atomic E-state index is -0.458. The van der Waals surface area contributed by atoms with Crippen LogP contribution in [0, 0.1) is 0 Å². The summed E-state index contributed by atoms with van der Waals surface area (Å²) in [6, 6.07) is 20.5. The first kappa shape index (κ1) is 21.2. The molecule has 0 radical (unpaired) electrons. The quantitative estimate of drug-likeness (QED) is 0.477. The molecule has 4 aromatic rings. The lowest BCUT2D eigenvalue weighted by molar-refractivity contribution is 0.0940. The number of aromatic nitrogens is 2. The van der Waals surface area contributed by atoms with Crippen LogP contribution in [0.1, 0.15) is 27.8 Å². The largest absolute Gasteiger partial charge is 0.493 e. The van der Waals surface area contributed by atoms with Crippen molar-refractivity contribution in [2.75, 3.05) is 21.3 Å². The number of imidazole rings is 1. The predicted molar refractivity (Wildman–Crippen MR) is 123 cm³/mol. The second-order valence-corrected chi connectivity index (χ2v) is 7.25. The molecule has 0 saturated heterocycles. The number of para-hydroxylation sites is 2. The molecule has 0 bridgehead atoms. The Kier molecular flexibility index (Phi) is 5.98. The lowest BCUT2D eigenvalue weighted by atomic mass is 10.0. The van der Waals surface area contributed by atoms with Gasteiger partial charge in [-0.3, -0.25) is 4.79 Å². The van der Waals surface area contributed by atoms with Crippen LogP contribution in [0.25, 0.3) is 11.0 Å². The highest BCUT2D eigenvalue weighted by atomic mass is 16.5. The minimum absolute atomic E-state index is 0.287. The lowest BCUT2D eigenvalue weighted by Crippen LogP contribution is -2.31. The Morgan fingerprint density at radius 3 is 2.12 bits per heavy atom. The number of nitrogens with zero attached hydrogens (tertiary/aromatic N) is 2. The first-order valence-corrected chi connectivity index (χ1v) is 10.1. The van der Waals surface area contributed by atoms with Gasteiger partial charge in [-0.2, -0.15) is 0 Å². The maximum atomic E-state index is 13.4. The average molecular weight is 431 g/mol. The number of hydrogen-bond donors (Lipinski definition) is 1. The summed E-state index contributed by atoms with van der Waals surface area (Å²) in [7, 11) is 6.51. The fourth-order valence-corrected chi connectivity index (χ4v) is 3.79. The monoisotopic (exact) mass is 431 g/mol. The van der Waals surface area contributed by atoms with Crippen LogP contribution in [0.2, 0.25) is 0 Å². The number of ether oxygens (including phenoxy) is 3. The van der Waals surface area contributed by atoms with Gasteiger partial charge in [-0.05, 0) is 29.8 Å². The molecule has 1 unspecified atom stereocenters. The Morgan fingerprint density at radius 2 is 1.53 bits per heavy atom. The van der Waals surface area contributed by atoms with Gasteiger partial charge in [0.15, 0.2) is 11.5 Å². The maximum Gasteiger partial charge on any atom is 0.252 e. The number of hydrogen-bond acceptors (Lipinski definition) is 5. The summed E-state index contributed by atoms with van der Waals surface area (Å²) in [6.07, 6.45) is 0. The Bertz CT molecular complexity index is 1230. The summed E-state index contributed by atoms with van der Waals surface area (Å²) in [5.74, 6) is 1.71. The van der Waals surface area contributed by atoms with Gasteiger partial charge < -0.3 is 24.1 Å². The summed E-state index contributed by atoms with van der Waals surface area (Å²) in [5, 5.41) is 3.13. The molecule has 1 aromatic heterocycles. The van der Waals surface area contributed by atoms with Crippen molar-refractivity contribution in [3.8, 4) is 17.2 Å². The average Bonchev–Trinajstić information content (AvgIpc) is 3.18. The van der Waals surface area contributed by atoms with Crippen molar-refractivity contribution in [2.45, 2.75) is 6.04 Å². The molecule has 0 fully saturated rings. The molecule has 1 heterocycles. The van der Waals surface area contributed by atoms with Crippen LogP contribution in [-0.4, -0.2) is 36.8 Å².